The van der Waals surface area contributed by atoms with Gasteiger partial charge in [0.1, 0.15) is 5.75 Å². The maximum atomic E-state index is 12.4. The third kappa shape index (κ3) is 3.02. The molecule has 1 heterocycles. The SMILES string of the molecule is CCn1c(=NC(=O)c2ccc(OC)cc2)sc2cccc(Cl)c21. The van der Waals surface area contributed by atoms with Crippen LogP contribution in [0, 0.1) is 0 Å². The standard InChI is InChI=1S/C17H15ClN2O2S/c1-3-20-15-13(18)5-4-6-14(15)23-17(20)19-16(21)11-7-9-12(22-2)10-8-11/h4-10H,3H2,1-2H3. The summed E-state index contributed by atoms with van der Waals surface area (Å²) in [5.74, 6) is 0.427. The summed E-state index contributed by atoms with van der Waals surface area (Å²) in [4.78, 5) is 17.3. The molecule has 0 saturated carbocycles. The van der Waals surface area contributed by atoms with Gasteiger partial charge in [0.05, 0.1) is 22.3 Å². The van der Waals surface area contributed by atoms with E-state index in [9.17, 15) is 4.79 Å². The Morgan fingerprint density at radius 3 is 2.65 bits per heavy atom. The van der Waals surface area contributed by atoms with Crippen LogP contribution in [0.1, 0.15) is 17.3 Å². The third-order valence-electron chi connectivity index (χ3n) is 3.50. The highest BCUT2D eigenvalue weighted by Crippen LogP contribution is 2.25. The number of carbonyl (C=O) groups excluding carboxylic acids is 1. The van der Waals surface area contributed by atoms with Gasteiger partial charge in [-0.25, -0.2) is 0 Å². The number of amides is 1. The molecule has 3 rings (SSSR count). The van der Waals surface area contributed by atoms with E-state index in [1.165, 1.54) is 11.3 Å². The van der Waals surface area contributed by atoms with Crippen molar-refractivity contribution in [2.45, 2.75) is 13.5 Å². The quantitative estimate of drug-likeness (QED) is 0.715. The number of methoxy groups -OCH3 is 1. The van der Waals surface area contributed by atoms with Crippen LogP contribution in [0.4, 0.5) is 0 Å². The molecule has 0 aliphatic rings. The molecule has 118 valence electrons. The normalized spacial score (nSPS) is 11.9. The predicted molar refractivity (Wildman–Crippen MR) is 93.4 cm³/mol. The first-order valence-corrected chi connectivity index (χ1v) is 8.34. The highest BCUT2D eigenvalue weighted by molar-refractivity contribution is 7.16. The lowest BCUT2D eigenvalue weighted by Gasteiger charge is -2.02. The highest BCUT2D eigenvalue weighted by atomic mass is 35.5. The monoisotopic (exact) mass is 346 g/mol. The van der Waals surface area contributed by atoms with E-state index in [-0.39, 0.29) is 5.91 Å². The minimum Gasteiger partial charge on any atom is -0.497 e. The maximum absolute atomic E-state index is 12.4. The van der Waals surface area contributed by atoms with E-state index < -0.39 is 0 Å². The summed E-state index contributed by atoms with van der Waals surface area (Å²) >= 11 is 7.75. The Morgan fingerprint density at radius 1 is 1.26 bits per heavy atom. The minimum absolute atomic E-state index is 0.280. The second-order valence-electron chi connectivity index (χ2n) is 4.86. The number of aromatic nitrogens is 1. The molecule has 2 aromatic carbocycles. The van der Waals surface area contributed by atoms with E-state index in [4.69, 9.17) is 16.3 Å². The molecule has 4 nitrogen and oxygen atoms in total. The first kappa shape index (κ1) is 15.8. The summed E-state index contributed by atoms with van der Waals surface area (Å²) in [5.41, 5.74) is 1.44. The van der Waals surface area contributed by atoms with Crippen LogP contribution >= 0.6 is 22.9 Å². The number of benzene rings is 2. The first-order chi connectivity index (χ1) is 11.1. The topological polar surface area (TPSA) is 43.6 Å². The van der Waals surface area contributed by atoms with Crippen molar-refractivity contribution in [1.82, 2.24) is 4.57 Å². The molecule has 0 aliphatic carbocycles. The average molecular weight is 347 g/mol. The van der Waals surface area contributed by atoms with Crippen LogP contribution in [-0.2, 0) is 6.54 Å². The Morgan fingerprint density at radius 2 is 2.00 bits per heavy atom. The fourth-order valence-electron chi connectivity index (χ4n) is 2.35. The fraction of sp³-hybridized carbons (Fsp3) is 0.176. The van der Waals surface area contributed by atoms with Gasteiger partial charge in [0.15, 0.2) is 4.80 Å². The average Bonchev–Trinajstić information content (AvgIpc) is 2.93. The van der Waals surface area contributed by atoms with Gasteiger partial charge < -0.3 is 9.30 Å². The number of thiazole rings is 1. The second kappa shape index (κ2) is 6.56. The van der Waals surface area contributed by atoms with Gasteiger partial charge in [0.25, 0.3) is 5.91 Å². The summed E-state index contributed by atoms with van der Waals surface area (Å²) in [6.45, 7) is 2.70. The largest absolute Gasteiger partial charge is 0.497 e. The smallest absolute Gasteiger partial charge is 0.279 e. The molecule has 0 bridgehead atoms. The molecular weight excluding hydrogens is 332 g/mol. The Kier molecular flexibility index (Phi) is 4.50. The van der Waals surface area contributed by atoms with Gasteiger partial charge in [-0.2, -0.15) is 4.99 Å². The number of ether oxygens (including phenoxy) is 1. The third-order valence-corrected chi connectivity index (χ3v) is 4.85. The van der Waals surface area contributed by atoms with Crippen molar-refractivity contribution in [3.05, 3.63) is 57.9 Å². The number of para-hydroxylation sites is 1. The number of nitrogens with zero attached hydrogens (tertiary/aromatic N) is 2. The molecule has 23 heavy (non-hydrogen) atoms. The van der Waals surface area contributed by atoms with E-state index in [0.29, 0.717) is 27.7 Å². The van der Waals surface area contributed by atoms with Crippen LogP contribution in [0.5, 0.6) is 5.75 Å². The first-order valence-electron chi connectivity index (χ1n) is 7.15. The molecule has 0 spiro atoms. The summed E-state index contributed by atoms with van der Waals surface area (Å²) in [6.07, 6.45) is 0. The minimum atomic E-state index is -0.280. The maximum Gasteiger partial charge on any atom is 0.279 e. The Bertz CT molecular complexity index is 926. The van der Waals surface area contributed by atoms with E-state index in [1.807, 2.05) is 29.7 Å². The molecule has 0 saturated heterocycles. The summed E-state index contributed by atoms with van der Waals surface area (Å²) in [5, 5.41) is 0.666. The van der Waals surface area contributed by atoms with Gasteiger partial charge in [-0.15, -0.1) is 0 Å². The van der Waals surface area contributed by atoms with Crippen LogP contribution in [0.3, 0.4) is 0 Å². The lowest BCUT2D eigenvalue weighted by molar-refractivity contribution is 0.0998. The van der Waals surface area contributed by atoms with Crippen LogP contribution in [0.2, 0.25) is 5.02 Å². The summed E-state index contributed by atoms with van der Waals surface area (Å²) in [7, 11) is 1.59. The van der Waals surface area contributed by atoms with E-state index in [0.717, 1.165) is 10.2 Å². The van der Waals surface area contributed by atoms with E-state index in [1.54, 1.807) is 31.4 Å². The number of fused-ring (bicyclic) bond motifs is 1. The zero-order valence-corrected chi connectivity index (χ0v) is 14.3. The van der Waals surface area contributed by atoms with E-state index >= 15 is 0 Å². The fourth-order valence-corrected chi connectivity index (χ4v) is 3.80. The molecule has 0 aliphatic heterocycles. The molecule has 0 radical (unpaired) electrons. The Labute approximate surface area is 142 Å². The number of hydrogen-bond acceptors (Lipinski definition) is 3. The zero-order valence-electron chi connectivity index (χ0n) is 12.7. The molecule has 0 unspecified atom stereocenters. The van der Waals surface area contributed by atoms with Crippen molar-refractivity contribution in [2.24, 2.45) is 4.99 Å². The number of rotatable bonds is 3. The van der Waals surface area contributed by atoms with Crippen molar-refractivity contribution < 1.29 is 9.53 Å². The lowest BCUT2D eigenvalue weighted by atomic mass is 10.2. The van der Waals surface area contributed by atoms with Gasteiger partial charge in [-0.05, 0) is 43.3 Å². The van der Waals surface area contributed by atoms with Crippen LogP contribution < -0.4 is 9.54 Å². The van der Waals surface area contributed by atoms with Gasteiger partial charge in [-0.1, -0.05) is 29.0 Å². The van der Waals surface area contributed by atoms with Crippen molar-refractivity contribution in [1.29, 1.82) is 0 Å². The van der Waals surface area contributed by atoms with Crippen molar-refractivity contribution in [3.63, 3.8) is 0 Å². The Balaban J connectivity index is 2.09. The van der Waals surface area contributed by atoms with Gasteiger partial charge >= 0.3 is 0 Å². The summed E-state index contributed by atoms with van der Waals surface area (Å²) in [6, 6.07) is 12.6. The van der Waals surface area contributed by atoms with Crippen molar-refractivity contribution in [2.75, 3.05) is 7.11 Å². The molecule has 1 aromatic heterocycles. The number of carbonyl (C=O) groups is 1. The second-order valence-corrected chi connectivity index (χ2v) is 6.28. The van der Waals surface area contributed by atoms with Crippen LogP contribution in [-0.4, -0.2) is 17.6 Å². The number of hydrogen-bond donors (Lipinski definition) is 0. The molecule has 0 atom stereocenters. The lowest BCUT2D eigenvalue weighted by Crippen LogP contribution is -2.16. The van der Waals surface area contributed by atoms with Gasteiger partial charge in [0.2, 0.25) is 0 Å². The van der Waals surface area contributed by atoms with Crippen LogP contribution in [0.25, 0.3) is 10.2 Å². The molecule has 0 fully saturated rings. The molecule has 1 amide bonds. The molecule has 6 heteroatoms. The molecule has 3 aromatic rings. The highest BCUT2D eigenvalue weighted by Gasteiger charge is 2.10. The van der Waals surface area contributed by atoms with Crippen LogP contribution in [0.15, 0.2) is 47.5 Å². The molecular formula is C17H15ClN2O2S. The van der Waals surface area contributed by atoms with Crippen molar-refractivity contribution >= 4 is 39.1 Å². The van der Waals surface area contributed by atoms with Crippen molar-refractivity contribution in [3.8, 4) is 5.75 Å². The number of aryl methyl sites for hydroxylation is 1. The van der Waals surface area contributed by atoms with Gasteiger partial charge in [0, 0.05) is 12.1 Å². The Hall–Kier alpha value is -2.11. The number of halogens is 1. The predicted octanol–water partition coefficient (Wildman–Crippen LogP) is 4.13. The van der Waals surface area contributed by atoms with E-state index in [2.05, 4.69) is 4.99 Å². The zero-order chi connectivity index (χ0) is 16.4. The van der Waals surface area contributed by atoms with Gasteiger partial charge in [-0.3, -0.25) is 4.79 Å². The molecule has 0 N–H and O–H groups in total. The summed E-state index contributed by atoms with van der Waals surface area (Å²) < 4.78 is 8.07.